The topological polar surface area (TPSA) is 66.8 Å². The number of hydrogen-bond donors (Lipinski definition) is 1. The highest BCUT2D eigenvalue weighted by molar-refractivity contribution is 6.46. The summed E-state index contributed by atoms with van der Waals surface area (Å²) in [6.07, 6.45) is 3.74. The van der Waals surface area contributed by atoms with E-state index in [0.29, 0.717) is 12.1 Å². The summed E-state index contributed by atoms with van der Waals surface area (Å²) in [7, 11) is 0. The molecule has 1 heterocycles. The molecule has 0 saturated carbocycles. The Bertz CT molecular complexity index is 1040. The summed E-state index contributed by atoms with van der Waals surface area (Å²) in [5, 5.41) is 11.3. The second kappa shape index (κ2) is 10.7. The molecule has 1 atom stereocenters. The lowest BCUT2D eigenvalue weighted by molar-refractivity contribution is -0.139. The van der Waals surface area contributed by atoms with Gasteiger partial charge in [0.25, 0.3) is 11.7 Å². The van der Waals surface area contributed by atoms with Gasteiger partial charge in [-0.05, 0) is 68.5 Å². The second-order valence-corrected chi connectivity index (χ2v) is 8.94. The molecule has 5 nitrogen and oxygen atoms in total. The first-order valence-electron chi connectivity index (χ1n) is 11.9. The van der Waals surface area contributed by atoms with Crippen molar-refractivity contribution in [3.63, 3.8) is 0 Å². The average Bonchev–Trinajstić information content (AvgIpc) is 3.05. The number of aryl methyl sites for hydroxylation is 2. The van der Waals surface area contributed by atoms with Gasteiger partial charge in [0.1, 0.15) is 11.5 Å². The number of aliphatic hydroxyl groups excluding tert-OH is 1. The van der Waals surface area contributed by atoms with E-state index in [2.05, 4.69) is 13.8 Å². The van der Waals surface area contributed by atoms with Crippen molar-refractivity contribution in [2.24, 2.45) is 0 Å². The van der Waals surface area contributed by atoms with Gasteiger partial charge in [-0.25, -0.2) is 0 Å². The predicted molar refractivity (Wildman–Crippen MR) is 131 cm³/mol. The van der Waals surface area contributed by atoms with E-state index >= 15 is 0 Å². The largest absolute Gasteiger partial charge is 0.507 e. The fraction of sp³-hybridized carbons (Fsp3) is 0.429. The van der Waals surface area contributed by atoms with Crippen LogP contribution >= 0.6 is 0 Å². The maximum atomic E-state index is 13.1. The normalized spacial score (nSPS) is 17.8. The molecule has 176 valence electrons. The maximum absolute atomic E-state index is 13.1. The number of hydrogen-bond acceptors (Lipinski definition) is 4. The molecule has 1 saturated heterocycles. The van der Waals surface area contributed by atoms with E-state index in [1.807, 2.05) is 45.0 Å². The molecule has 1 amide bonds. The van der Waals surface area contributed by atoms with Crippen LogP contribution in [0.15, 0.2) is 48.0 Å². The Morgan fingerprint density at radius 3 is 2.33 bits per heavy atom. The number of carbonyl (C=O) groups excluding carboxylic acids is 2. The molecule has 33 heavy (non-hydrogen) atoms. The SMILES string of the molecule is CCCCCN1C(=O)C(=O)/C(=C(\O)c2ccc(OC(C)C)c(C)c2)C1c1ccc(CC)cc1. The van der Waals surface area contributed by atoms with Gasteiger partial charge in [-0.1, -0.05) is 51.0 Å². The third-order valence-corrected chi connectivity index (χ3v) is 6.06. The van der Waals surface area contributed by atoms with Crippen molar-refractivity contribution >= 4 is 17.4 Å². The minimum atomic E-state index is -0.631. The zero-order chi connectivity index (χ0) is 24.1. The van der Waals surface area contributed by atoms with Gasteiger partial charge in [-0.2, -0.15) is 0 Å². The number of unbranched alkanes of at least 4 members (excludes halogenated alkanes) is 2. The van der Waals surface area contributed by atoms with Crippen molar-refractivity contribution in [3.8, 4) is 5.75 Å². The van der Waals surface area contributed by atoms with Crippen LogP contribution < -0.4 is 4.74 Å². The molecule has 3 rings (SSSR count). The number of likely N-dealkylation sites (tertiary alicyclic amines) is 1. The summed E-state index contributed by atoms with van der Waals surface area (Å²) in [5.74, 6) is -0.592. The number of Topliss-reactive ketones (excluding diaryl/α,β-unsaturated/α-hetero) is 1. The van der Waals surface area contributed by atoms with Crippen LogP contribution in [-0.2, 0) is 16.0 Å². The molecule has 5 heteroatoms. The summed E-state index contributed by atoms with van der Waals surface area (Å²) < 4.78 is 5.80. The first kappa shape index (κ1) is 24.6. The first-order chi connectivity index (χ1) is 15.8. The summed E-state index contributed by atoms with van der Waals surface area (Å²) in [6, 6.07) is 12.7. The Morgan fingerprint density at radius 1 is 1.06 bits per heavy atom. The van der Waals surface area contributed by atoms with Gasteiger partial charge in [0, 0.05) is 12.1 Å². The van der Waals surface area contributed by atoms with Crippen LogP contribution in [0, 0.1) is 6.92 Å². The molecule has 1 unspecified atom stereocenters. The van der Waals surface area contributed by atoms with Crippen LogP contribution in [0.5, 0.6) is 5.75 Å². The van der Waals surface area contributed by atoms with Crippen molar-refractivity contribution in [2.75, 3.05) is 6.54 Å². The Balaban J connectivity index is 2.09. The van der Waals surface area contributed by atoms with E-state index < -0.39 is 17.7 Å². The smallest absolute Gasteiger partial charge is 0.295 e. The molecule has 0 radical (unpaired) electrons. The molecule has 1 fully saturated rings. The number of ketones is 1. The predicted octanol–water partition coefficient (Wildman–Crippen LogP) is 5.96. The van der Waals surface area contributed by atoms with Gasteiger partial charge in [-0.15, -0.1) is 0 Å². The van der Waals surface area contributed by atoms with E-state index in [1.54, 1.807) is 23.1 Å². The lowest BCUT2D eigenvalue weighted by Gasteiger charge is -2.25. The van der Waals surface area contributed by atoms with E-state index in [1.165, 1.54) is 5.56 Å². The van der Waals surface area contributed by atoms with Crippen LogP contribution in [0.1, 0.15) is 75.3 Å². The van der Waals surface area contributed by atoms with Gasteiger partial charge >= 0.3 is 0 Å². The van der Waals surface area contributed by atoms with Crippen molar-refractivity contribution in [1.82, 2.24) is 4.90 Å². The number of benzene rings is 2. The molecule has 0 aromatic heterocycles. The minimum absolute atomic E-state index is 0.0303. The molecule has 2 aromatic rings. The van der Waals surface area contributed by atoms with Crippen molar-refractivity contribution in [3.05, 3.63) is 70.3 Å². The van der Waals surface area contributed by atoms with Gasteiger partial charge in [0.2, 0.25) is 0 Å². The summed E-state index contributed by atoms with van der Waals surface area (Å²) in [4.78, 5) is 27.8. The minimum Gasteiger partial charge on any atom is -0.507 e. The van der Waals surface area contributed by atoms with E-state index in [0.717, 1.165) is 42.6 Å². The third-order valence-electron chi connectivity index (χ3n) is 6.06. The van der Waals surface area contributed by atoms with Crippen molar-refractivity contribution in [2.45, 2.75) is 72.4 Å². The van der Waals surface area contributed by atoms with Crippen molar-refractivity contribution < 1.29 is 19.4 Å². The molecule has 0 spiro atoms. The monoisotopic (exact) mass is 449 g/mol. The van der Waals surface area contributed by atoms with Crippen molar-refractivity contribution in [1.29, 1.82) is 0 Å². The molecule has 1 aliphatic heterocycles. The Morgan fingerprint density at radius 2 is 1.76 bits per heavy atom. The van der Waals surface area contributed by atoms with Gasteiger partial charge in [0.15, 0.2) is 0 Å². The van der Waals surface area contributed by atoms with Crippen LogP contribution in [0.3, 0.4) is 0 Å². The Hall–Kier alpha value is -3.08. The van der Waals surface area contributed by atoms with Gasteiger partial charge in [-0.3, -0.25) is 9.59 Å². The van der Waals surface area contributed by atoms with E-state index in [9.17, 15) is 14.7 Å². The first-order valence-corrected chi connectivity index (χ1v) is 11.9. The number of amides is 1. The Labute approximate surface area is 197 Å². The molecule has 1 aliphatic rings. The summed E-state index contributed by atoms with van der Waals surface area (Å²) >= 11 is 0. The number of rotatable bonds is 9. The average molecular weight is 450 g/mol. The van der Waals surface area contributed by atoms with E-state index in [4.69, 9.17) is 4.74 Å². The lowest BCUT2D eigenvalue weighted by Crippen LogP contribution is -2.30. The molecular weight excluding hydrogens is 414 g/mol. The van der Waals surface area contributed by atoms with Crippen LogP contribution in [0.2, 0.25) is 0 Å². The standard InChI is InChI=1S/C28H35NO4/c1-6-8-9-16-29-25(21-12-10-20(7-2)11-13-21)24(27(31)28(29)32)26(30)22-14-15-23(19(5)17-22)33-18(3)4/h10-15,17-18,25,30H,6-9,16H2,1-5H3/b26-24-. The van der Waals surface area contributed by atoms with Crippen LogP contribution in [0.25, 0.3) is 5.76 Å². The quantitative estimate of drug-likeness (QED) is 0.222. The van der Waals surface area contributed by atoms with Gasteiger partial charge < -0.3 is 14.7 Å². The molecule has 1 N–H and O–H groups in total. The summed E-state index contributed by atoms with van der Waals surface area (Å²) in [5.41, 5.74) is 3.52. The summed E-state index contributed by atoms with van der Waals surface area (Å²) in [6.45, 7) is 10.5. The second-order valence-electron chi connectivity index (χ2n) is 8.94. The Kier molecular flexibility index (Phi) is 7.96. The highest BCUT2D eigenvalue weighted by Crippen LogP contribution is 2.40. The lowest BCUT2D eigenvalue weighted by atomic mass is 9.94. The molecular formula is C28H35NO4. The highest BCUT2D eigenvalue weighted by Gasteiger charge is 2.45. The molecule has 2 aromatic carbocycles. The fourth-order valence-corrected chi connectivity index (χ4v) is 4.26. The number of aliphatic hydroxyl groups is 1. The number of ether oxygens (including phenoxy) is 1. The maximum Gasteiger partial charge on any atom is 0.295 e. The zero-order valence-corrected chi connectivity index (χ0v) is 20.4. The van der Waals surface area contributed by atoms with Gasteiger partial charge in [0.05, 0.1) is 17.7 Å². The van der Waals surface area contributed by atoms with Crippen LogP contribution in [-0.4, -0.2) is 34.3 Å². The zero-order valence-electron chi connectivity index (χ0n) is 20.4. The number of carbonyl (C=O) groups is 2. The highest BCUT2D eigenvalue weighted by atomic mass is 16.5. The van der Waals surface area contributed by atoms with Crippen LogP contribution in [0.4, 0.5) is 0 Å². The molecule has 0 aliphatic carbocycles. The van der Waals surface area contributed by atoms with E-state index in [-0.39, 0.29) is 17.4 Å². The number of nitrogens with zero attached hydrogens (tertiary/aromatic N) is 1. The third kappa shape index (κ3) is 5.29. The fourth-order valence-electron chi connectivity index (χ4n) is 4.26. The molecule has 0 bridgehead atoms.